The summed E-state index contributed by atoms with van der Waals surface area (Å²) in [7, 11) is 9.06. The summed E-state index contributed by atoms with van der Waals surface area (Å²) in [6, 6.07) is 5.84. The van der Waals surface area contributed by atoms with Crippen LogP contribution in [-0.2, 0) is 43.1 Å². The standard InChI is InChI=1S/C11H13BrN2O2.C11H15BrN2O.C7H6BrNO2.C4H7BO.C2H7N.CH4/c12-10-5-9(7-13-8-10)6-11(15)14-1-3-16-4-2-14;12-11-7-10(8-13-9-11)1-2-14-3-5-15-6-4-14;8-6-1-5(2-7(10)11)3-9-4-6;5-4-2-1-3-6-4;1-3-2;/h5,7-8H,1-4,6H2;7-9H,1-6H2;1,3-4H,2H2,(H,10,11);4H,1-3H2;3H,1-2H3;1H4. The molecule has 2 N–H and O–H groups in total. The fourth-order valence-electron chi connectivity index (χ4n) is 4.69. The highest BCUT2D eigenvalue weighted by atomic mass is 79.9. The number of halogens is 3. The molecule has 0 spiro atoms. The van der Waals surface area contributed by atoms with Crippen LogP contribution < -0.4 is 5.32 Å². The number of amides is 1. The van der Waals surface area contributed by atoms with E-state index < -0.39 is 5.97 Å². The lowest BCUT2D eigenvalue weighted by Gasteiger charge is -2.26. The summed E-state index contributed by atoms with van der Waals surface area (Å²) in [6.07, 6.45) is 14.0. The van der Waals surface area contributed by atoms with Crippen LogP contribution in [0.3, 0.4) is 0 Å². The fraction of sp³-hybridized carbons (Fsp3) is 0.528. The number of hydrogen-bond donors (Lipinski definition) is 2. The van der Waals surface area contributed by atoms with E-state index in [1.165, 1.54) is 5.56 Å². The van der Waals surface area contributed by atoms with Crippen molar-refractivity contribution in [1.29, 1.82) is 0 Å². The minimum atomic E-state index is -0.843. The molecular formula is C36H52BBr3N6O6. The second-order valence-corrected chi connectivity index (χ2v) is 14.3. The lowest BCUT2D eigenvalue weighted by Crippen LogP contribution is -2.41. The molecule has 0 saturated carbocycles. The highest BCUT2D eigenvalue weighted by Crippen LogP contribution is 2.13. The molecule has 6 rings (SSSR count). The van der Waals surface area contributed by atoms with Crippen molar-refractivity contribution >= 4 is 67.5 Å². The first-order chi connectivity index (χ1) is 24.6. The number of nitrogens with zero attached hydrogens (tertiary/aromatic N) is 5. The van der Waals surface area contributed by atoms with Crippen molar-refractivity contribution in [1.82, 2.24) is 30.1 Å². The summed E-state index contributed by atoms with van der Waals surface area (Å²) in [5.41, 5.74) is 2.92. The number of hydrogen-bond acceptors (Lipinski definition) is 10. The summed E-state index contributed by atoms with van der Waals surface area (Å²) in [6.45, 7) is 8.49. The van der Waals surface area contributed by atoms with E-state index in [1.807, 2.05) is 37.5 Å². The Kier molecular flexibility index (Phi) is 26.7. The predicted molar refractivity (Wildman–Crippen MR) is 216 cm³/mol. The van der Waals surface area contributed by atoms with Gasteiger partial charge in [-0.2, -0.15) is 0 Å². The third-order valence-corrected chi connectivity index (χ3v) is 8.45. The number of aliphatic carboxylic acids is 1. The third-order valence-electron chi connectivity index (χ3n) is 7.14. The Morgan fingerprint density at radius 1 is 0.788 bits per heavy atom. The molecule has 0 aliphatic carbocycles. The van der Waals surface area contributed by atoms with Crippen LogP contribution in [0.1, 0.15) is 37.0 Å². The maximum Gasteiger partial charge on any atom is 0.307 e. The second-order valence-electron chi connectivity index (χ2n) is 11.5. The third kappa shape index (κ3) is 22.7. The molecule has 52 heavy (non-hydrogen) atoms. The molecule has 3 aliphatic heterocycles. The molecule has 0 bridgehead atoms. The molecule has 1 unspecified atom stereocenters. The molecule has 3 aliphatic rings. The molecule has 2 radical (unpaired) electrons. The van der Waals surface area contributed by atoms with Gasteiger partial charge in [-0.25, -0.2) is 0 Å². The zero-order valence-electron chi connectivity index (χ0n) is 29.3. The number of aromatic nitrogens is 3. The Morgan fingerprint density at radius 2 is 1.25 bits per heavy atom. The van der Waals surface area contributed by atoms with Crippen LogP contribution in [0.4, 0.5) is 0 Å². The topological polar surface area (TPSA) is 139 Å². The number of carbonyl (C=O) groups is 2. The number of carboxylic acids is 1. The molecule has 12 nitrogen and oxygen atoms in total. The molecule has 16 heteroatoms. The van der Waals surface area contributed by atoms with Gasteiger partial charge >= 0.3 is 5.97 Å². The Morgan fingerprint density at radius 3 is 1.67 bits per heavy atom. The monoisotopic (exact) mass is 912 g/mol. The first-order valence-corrected chi connectivity index (χ1v) is 19.1. The second kappa shape index (κ2) is 29.1. The van der Waals surface area contributed by atoms with Crippen molar-refractivity contribution in [3.8, 4) is 0 Å². The van der Waals surface area contributed by atoms with Crippen LogP contribution in [0.25, 0.3) is 0 Å². The van der Waals surface area contributed by atoms with Gasteiger partial charge in [0, 0.05) is 95.9 Å². The number of carbonyl (C=O) groups excluding carboxylic acids is 1. The van der Waals surface area contributed by atoms with Crippen molar-refractivity contribution in [2.45, 2.75) is 45.5 Å². The van der Waals surface area contributed by atoms with E-state index in [9.17, 15) is 9.59 Å². The largest absolute Gasteiger partial charge is 0.481 e. The number of morpholine rings is 2. The van der Waals surface area contributed by atoms with Crippen LogP contribution in [-0.4, -0.2) is 135 Å². The summed E-state index contributed by atoms with van der Waals surface area (Å²) in [5.74, 6) is -0.701. The van der Waals surface area contributed by atoms with Gasteiger partial charge in [-0.1, -0.05) is 7.43 Å². The van der Waals surface area contributed by atoms with E-state index in [1.54, 1.807) is 30.9 Å². The smallest absolute Gasteiger partial charge is 0.307 e. The molecule has 3 aromatic heterocycles. The molecule has 1 atom stereocenters. The minimum Gasteiger partial charge on any atom is -0.481 e. The molecule has 3 aromatic rings. The molecule has 286 valence electrons. The summed E-state index contributed by atoms with van der Waals surface area (Å²) >= 11 is 9.97. The van der Waals surface area contributed by atoms with Gasteiger partial charge in [-0.05, 0) is 116 Å². The fourth-order valence-corrected chi connectivity index (χ4v) is 5.92. The molecule has 3 saturated heterocycles. The van der Waals surface area contributed by atoms with Crippen molar-refractivity contribution in [2.24, 2.45) is 0 Å². The van der Waals surface area contributed by atoms with Crippen LogP contribution in [0, 0.1) is 0 Å². The first-order valence-electron chi connectivity index (χ1n) is 16.7. The van der Waals surface area contributed by atoms with E-state index in [-0.39, 0.29) is 25.8 Å². The van der Waals surface area contributed by atoms with E-state index in [0.717, 1.165) is 77.7 Å². The van der Waals surface area contributed by atoms with E-state index >= 15 is 0 Å². The molecular weight excluding hydrogens is 863 g/mol. The maximum atomic E-state index is 11.9. The highest BCUT2D eigenvalue weighted by molar-refractivity contribution is 9.11. The summed E-state index contributed by atoms with van der Waals surface area (Å²) in [5, 5.41) is 11.2. The first kappa shape index (κ1) is 47.7. The van der Waals surface area contributed by atoms with Crippen LogP contribution in [0.15, 0.2) is 68.8 Å². The molecule has 3 fully saturated rings. The van der Waals surface area contributed by atoms with Crippen LogP contribution in [0.2, 0.25) is 0 Å². The van der Waals surface area contributed by atoms with Crippen LogP contribution >= 0.6 is 47.8 Å². The number of pyridine rings is 3. The Labute approximate surface area is 335 Å². The normalized spacial score (nSPS) is 16.5. The van der Waals surface area contributed by atoms with E-state index in [2.05, 4.69) is 79.0 Å². The predicted octanol–water partition coefficient (Wildman–Crippen LogP) is 5.20. The summed E-state index contributed by atoms with van der Waals surface area (Å²) < 4.78 is 18.2. The van der Waals surface area contributed by atoms with Crippen molar-refractivity contribution in [3.05, 3.63) is 85.5 Å². The van der Waals surface area contributed by atoms with Crippen molar-refractivity contribution in [2.75, 3.05) is 79.9 Å². The maximum absolute atomic E-state index is 11.9. The molecule has 0 aromatic carbocycles. The zero-order valence-corrected chi connectivity index (χ0v) is 34.1. The quantitative estimate of drug-likeness (QED) is 0.303. The summed E-state index contributed by atoms with van der Waals surface area (Å²) in [4.78, 5) is 38.4. The minimum absolute atomic E-state index is 0. The highest BCUT2D eigenvalue weighted by Gasteiger charge is 2.17. The van der Waals surface area contributed by atoms with Gasteiger partial charge in [0.2, 0.25) is 5.91 Å². The van der Waals surface area contributed by atoms with Crippen molar-refractivity contribution < 1.29 is 28.9 Å². The Balaban J connectivity index is 0.000000349. The average Bonchev–Trinajstić information content (AvgIpc) is 3.60. The number of nitrogens with one attached hydrogen (secondary N) is 1. The molecule has 1 amide bonds. The number of rotatable bonds is 7. The van der Waals surface area contributed by atoms with Gasteiger partial charge in [0.15, 0.2) is 0 Å². The Hall–Kier alpha value is -2.31. The zero-order chi connectivity index (χ0) is 37.3. The van der Waals surface area contributed by atoms with Gasteiger partial charge in [-0.3, -0.25) is 29.4 Å². The van der Waals surface area contributed by atoms with Gasteiger partial charge < -0.3 is 29.5 Å². The number of carboxylic acid groups (broad SMARTS) is 1. The van der Waals surface area contributed by atoms with Gasteiger partial charge in [0.25, 0.3) is 0 Å². The number of ether oxygens (including phenoxy) is 3. The SMILES string of the molecule is Brc1cncc(CCN2CCOCC2)c1.C.CNC.O=C(Cc1cncc(Br)c1)N1CCOCC1.O=C(O)Cc1cncc(Br)c1.[B]C1CCCO1. The van der Waals surface area contributed by atoms with E-state index in [0.29, 0.717) is 38.3 Å². The van der Waals surface area contributed by atoms with E-state index in [4.69, 9.17) is 27.2 Å². The van der Waals surface area contributed by atoms with Crippen molar-refractivity contribution in [3.63, 3.8) is 0 Å². The van der Waals surface area contributed by atoms with Gasteiger partial charge in [0.05, 0.1) is 39.3 Å². The van der Waals surface area contributed by atoms with Crippen LogP contribution in [0.5, 0.6) is 0 Å². The van der Waals surface area contributed by atoms with Gasteiger partial charge in [-0.15, -0.1) is 0 Å². The molecule has 6 heterocycles. The lowest BCUT2D eigenvalue weighted by atomic mass is 9.98. The lowest BCUT2D eigenvalue weighted by molar-refractivity contribution is -0.136. The Bertz CT molecular complexity index is 1410. The van der Waals surface area contributed by atoms with Gasteiger partial charge in [0.1, 0.15) is 7.85 Å². The average molecular weight is 915 g/mol.